The van der Waals surface area contributed by atoms with Crippen LogP contribution in [0.3, 0.4) is 0 Å². The fourth-order valence-electron chi connectivity index (χ4n) is 3.37. The lowest BCUT2D eigenvalue weighted by Gasteiger charge is -2.34. The van der Waals surface area contributed by atoms with Gasteiger partial charge in [0.25, 0.3) is 0 Å². The summed E-state index contributed by atoms with van der Waals surface area (Å²) in [6.45, 7) is 7.55. The van der Waals surface area contributed by atoms with E-state index in [0.717, 1.165) is 29.9 Å². The molecule has 1 atom stereocenters. The molecular weight excluding hydrogens is 320 g/mol. The molecule has 0 aliphatic heterocycles. The smallest absolute Gasteiger partial charge is 0.319 e. The molecule has 2 amide bonds. The average Bonchev–Trinajstić information content (AvgIpc) is 3.09. The molecule has 0 saturated carbocycles. The number of methoxy groups -OCH3 is 1. The van der Waals surface area contributed by atoms with Crippen LogP contribution < -0.4 is 10.6 Å². The Hall–Kier alpha value is -2.28. The predicted octanol–water partition coefficient (Wildman–Crippen LogP) is 3.27. The Morgan fingerprint density at radius 1 is 1.52 bits per heavy atom. The largest absolute Gasteiger partial charge is 0.466 e. The van der Waals surface area contributed by atoms with Crippen molar-refractivity contribution >= 4 is 11.7 Å². The van der Waals surface area contributed by atoms with Crippen molar-refractivity contribution in [3.8, 4) is 0 Å². The molecule has 1 aliphatic carbocycles. The summed E-state index contributed by atoms with van der Waals surface area (Å²) in [4.78, 5) is 12.4. The van der Waals surface area contributed by atoms with Gasteiger partial charge in [0.2, 0.25) is 0 Å². The number of hydrogen-bond acceptors (Lipinski definition) is 4. The number of hydrogen-bond donors (Lipinski definition) is 2. The molecule has 2 aromatic heterocycles. The summed E-state index contributed by atoms with van der Waals surface area (Å²) < 4.78 is 12.6. The molecule has 0 bridgehead atoms. The van der Waals surface area contributed by atoms with E-state index in [0.29, 0.717) is 18.8 Å². The maximum absolute atomic E-state index is 12.4. The number of fused-ring (bicyclic) bond motifs is 1. The van der Waals surface area contributed by atoms with Crippen LogP contribution in [0, 0.1) is 12.3 Å². The highest BCUT2D eigenvalue weighted by Gasteiger charge is 2.35. The maximum atomic E-state index is 12.4. The molecular formula is C18H26N4O3. The van der Waals surface area contributed by atoms with E-state index in [1.807, 2.05) is 13.0 Å². The van der Waals surface area contributed by atoms with Crippen LogP contribution in [0.5, 0.6) is 0 Å². The normalized spacial score (nSPS) is 18.6. The Morgan fingerprint density at radius 2 is 2.32 bits per heavy atom. The third-order valence-electron chi connectivity index (χ3n) is 4.46. The summed E-state index contributed by atoms with van der Waals surface area (Å²) in [5.74, 6) is 1.86. The van der Waals surface area contributed by atoms with Crippen molar-refractivity contribution in [1.29, 1.82) is 0 Å². The van der Waals surface area contributed by atoms with E-state index in [1.165, 1.54) is 0 Å². The Balaban J connectivity index is 1.65. The molecule has 2 aromatic rings. The highest BCUT2D eigenvalue weighted by molar-refractivity contribution is 5.89. The van der Waals surface area contributed by atoms with Crippen molar-refractivity contribution in [2.24, 2.45) is 5.41 Å². The molecule has 0 fully saturated rings. The van der Waals surface area contributed by atoms with Gasteiger partial charge in [0.1, 0.15) is 11.5 Å². The Kier molecular flexibility index (Phi) is 4.85. The van der Waals surface area contributed by atoms with Crippen LogP contribution in [-0.4, -0.2) is 29.5 Å². The number of carbonyl (C=O) groups excluding carboxylic acids is 1. The van der Waals surface area contributed by atoms with Crippen LogP contribution in [-0.2, 0) is 17.7 Å². The van der Waals surface area contributed by atoms with E-state index in [4.69, 9.17) is 9.15 Å². The summed E-state index contributed by atoms with van der Waals surface area (Å²) in [6.07, 6.45) is 5.19. The minimum absolute atomic E-state index is 0.0558. The van der Waals surface area contributed by atoms with E-state index < -0.39 is 0 Å². The van der Waals surface area contributed by atoms with Crippen molar-refractivity contribution in [2.45, 2.75) is 46.2 Å². The number of nitrogens with zero attached hydrogens (tertiary/aromatic N) is 2. The number of ether oxygens (including phenoxy) is 1. The summed E-state index contributed by atoms with van der Waals surface area (Å²) in [5.41, 5.74) is 1.83. The molecule has 2 heterocycles. The van der Waals surface area contributed by atoms with Crippen molar-refractivity contribution in [3.05, 3.63) is 35.5 Å². The van der Waals surface area contributed by atoms with Crippen LogP contribution >= 0.6 is 0 Å². The zero-order valence-corrected chi connectivity index (χ0v) is 15.3. The third kappa shape index (κ3) is 4.22. The molecule has 2 N–H and O–H groups in total. The minimum Gasteiger partial charge on any atom is -0.466 e. The maximum Gasteiger partial charge on any atom is 0.319 e. The second kappa shape index (κ2) is 6.92. The SMILES string of the molecule is COCCn1cc(NC(=O)N[C@@H]2CC(C)(C)Cc3oc(C)cc32)cn1. The van der Waals surface area contributed by atoms with Gasteiger partial charge in [-0.2, -0.15) is 5.10 Å². The number of nitrogens with one attached hydrogen (secondary N) is 2. The van der Waals surface area contributed by atoms with Gasteiger partial charge in [0.05, 0.1) is 31.1 Å². The molecule has 7 heteroatoms. The molecule has 0 saturated heterocycles. The Morgan fingerprint density at radius 3 is 3.08 bits per heavy atom. The number of amides is 2. The highest BCUT2D eigenvalue weighted by Crippen LogP contribution is 2.41. The summed E-state index contributed by atoms with van der Waals surface area (Å²) >= 11 is 0. The van der Waals surface area contributed by atoms with E-state index in [1.54, 1.807) is 24.2 Å². The van der Waals surface area contributed by atoms with Gasteiger partial charge in [0, 0.05) is 25.3 Å². The average molecular weight is 346 g/mol. The lowest BCUT2D eigenvalue weighted by Crippen LogP contribution is -2.38. The topological polar surface area (TPSA) is 81.3 Å². The standard InChI is InChI=1S/C18H26N4O3/c1-12-7-14-15(8-18(2,3)9-16(14)25-12)21-17(23)20-13-10-19-22(11-13)5-6-24-4/h7,10-11,15H,5-6,8-9H2,1-4H3,(H2,20,21,23)/t15-/m1/s1. The lowest BCUT2D eigenvalue weighted by atomic mass is 9.75. The van der Waals surface area contributed by atoms with Crippen molar-refractivity contribution in [3.63, 3.8) is 0 Å². The predicted molar refractivity (Wildman–Crippen MR) is 94.5 cm³/mol. The molecule has 3 rings (SSSR count). The van der Waals surface area contributed by atoms with Gasteiger partial charge in [-0.25, -0.2) is 4.79 Å². The van der Waals surface area contributed by atoms with Gasteiger partial charge in [-0.1, -0.05) is 13.8 Å². The number of urea groups is 1. The van der Waals surface area contributed by atoms with Crippen LogP contribution in [0.2, 0.25) is 0 Å². The number of anilines is 1. The quantitative estimate of drug-likeness (QED) is 0.871. The van der Waals surface area contributed by atoms with Crippen LogP contribution in [0.4, 0.5) is 10.5 Å². The van der Waals surface area contributed by atoms with Gasteiger partial charge in [-0.15, -0.1) is 0 Å². The van der Waals surface area contributed by atoms with Crippen molar-refractivity contribution in [1.82, 2.24) is 15.1 Å². The highest BCUT2D eigenvalue weighted by atomic mass is 16.5. The first-order chi connectivity index (χ1) is 11.9. The summed E-state index contributed by atoms with van der Waals surface area (Å²) in [5, 5.41) is 10.1. The molecule has 0 radical (unpaired) electrons. The minimum atomic E-state index is -0.237. The monoisotopic (exact) mass is 346 g/mol. The van der Waals surface area contributed by atoms with Crippen LogP contribution in [0.1, 0.15) is 43.4 Å². The van der Waals surface area contributed by atoms with Gasteiger partial charge >= 0.3 is 6.03 Å². The fraction of sp³-hybridized carbons (Fsp3) is 0.556. The van der Waals surface area contributed by atoms with Crippen molar-refractivity contribution < 1.29 is 13.9 Å². The second-order valence-electron chi connectivity index (χ2n) is 7.42. The fourth-order valence-corrected chi connectivity index (χ4v) is 3.37. The Labute approximate surface area is 147 Å². The van der Waals surface area contributed by atoms with Crippen LogP contribution in [0.15, 0.2) is 22.9 Å². The molecule has 136 valence electrons. The third-order valence-corrected chi connectivity index (χ3v) is 4.46. The van der Waals surface area contributed by atoms with Gasteiger partial charge in [-0.05, 0) is 24.8 Å². The van der Waals surface area contributed by atoms with E-state index in [-0.39, 0.29) is 17.5 Å². The van der Waals surface area contributed by atoms with Gasteiger partial charge in [0.15, 0.2) is 0 Å². The number of carbonyl (C=O) groups is 1. The number of furan rings is 1. The van der Waals surface area contributed by atoms with E-state index in [2.05, 4.69) is 29.6 Å². The second-order valence-corrected chi connectivity index (χ2v) is 7.42. The van der Waals surface area contributed by atoms with Crippen molar-refractivity contribution in [2.75, 3.05) is 19.0 Å². The zero-order valence-electron chi connectivity index (χ0n) is 15.3. The van der Waals surface area contributed by atoms with Crippen LogP contribution in [0.25, 0.3) is 0 Å². The molecule has 0 aromatic carbocycles. The summed E-state index contributed by atoms with van der Waals surface area (Å²) in [6, 6.07) is 1.73. The zero-order chi connectivity index (χ0) is 18.0. The molecule has 0 spiro atoms. The molecule has 25 heavy (non-hydrogen) atoms. The first kappa shape index (κ1) is 17.5. The van der Waals surface area contributed by atoms with Gasteiger partial charge < -0.3 is 19.8 Å². The van der Waals surface area contributed by atoms with E-state index in [9.17, 15) is 4.79 Å². The summed E-state index contributed by atoms with van der Waals surface area (Å²) in [7, 11) is 1.65. The van der Waals surface area contributed by atoms with E-state index >= 15 is 0 Å². The lowest BCUT2D eigenvalue weighted by molar-refractivity contribution is 0.183. The van der Waals surface area contributed by atoms with Gasteiger partial charge in [-0.3, -0.25) is 4.68 Å². The number of aromatic nitrogens is 2. The molecule has 0 unspecified atom stereocenters. The molecule has 1 aliphatic rings. The Bertz CT molecular complexity index is 747. The first-order valence-corrected chi connectivity index (χ1v) is 8.54. The number of aryl methyl sites for hydroxylation is 1. The molecule has 7 nitrogen and oxygen atoms in total. The first-order valence-electron chi connectivity index (χ1n) is 8.54. The number of rotatable bonds is 5.